The van der Waals surface area contributed by atoms with Crippen LogP contribution in [0.1, 0.15) is 21.9 Å². The second-order valence-corrected chi connectivity index (χ2v) is 5.59. The Morgan fingerprint density at radius 2 is 1.93 bits per heavy atom. The second kappa shape index (κ2) is 7.17. The molecule has 0 radical (unpaired) electrons. The molecule has 0 aliphatic heterocycles. The molecule has 1 aromatic carbocycles. The smallest absolute Gasteiger partial charge is 0.368 e. The van der Waals surface area contributed by atoms with Gasteiger partial charge in [0.2, 0.25) is 0 Å². The first-order valence-corrected chi connectivity index (χ1v) is 7.84. The molecule has 11 heteroatoms. The first kappa shape index (κ1) is 18.5. The number of aromatic nitrogens is 4. The van der Waals surface area contributed by atoms with E-state index in [1.165, 1.54) is 30.3 Å². The van der Waals surface area contributed by atoms with Gasteiger partial charge in [-0.05, 0) is 19.1 Å². The lowest BCUT2D eigenvalue weighted by Crippen LogP contribution is -2.29. The van der Waals surface area contributed by atoms with Gasteiger partial charge < -0.3 is 10.6 Å². The van der Waals surface area contributed by atoms with Gasteiger partial charge in [-0.15, -0.1) is 5.10 Å². The highest BCUT2D eigenvalue weighted by molar-refractivity contribution is 5.94. The molecule has 0 aliphatic rings. The predicted octanol–water partition coefficient (Wildman–Crippen LogP) is 2.43. The molecule has 7 nitrogen and oxygen atoms in total. The Balaban J connectivity index is 1.67. The summed E-state index contributed by atoms with van der Waals surface area (Å²) >= 11 is 0. The van der Waals surface area contributed by atoms with Crippen molar-refractivity contribution in [3.63, 3.8) is 0 Å². The fourth-order valence-electron chi connectivity index (χ4n) is 2.34. The molecule has 0 bridgehead atoms. The quantitative estimate of drug-likeness (QED) is 0.523. The van der Waals surface area contributed by atoms with E-state index < -0.39 is 23.7 Å². The maximum absolute atomic E-state index is 13.5. The standard InChI is InChI=1S/C16H14F4N6O/c1-9-8-12(26-15(23-9)24-14(25-26)16(18,19)20)21-6-7-22-13(27)10-4-2-3-5-11(10)17/h2-5,8,21H,6-7H2,1H3,(H,22,27). The third-order valence-electron chi connectivity index (χ3n) is 3.53. The molecule has 2 aromatic heterocycles. The van der Waals surface area contributed by atoms with Gasteiger partial charge in [-0.3, -0.25) is 4.79 Å². The number of hydrogen-bond acceptors (Lipinski definition) is 5. The number of nitrogens with one attached hydrogen (secondary N) is 2. The number of fused-ring (bicyclic) bond motifs is 1. The molecule has 0 aliphatic carbocycles. The molecular formula is C16H14F4N6O. The molecule has 0 saturated carbocycles. The number of halogens is 4. The van der Waals surface area contributed by atoms with Gasteiger partial charge in [0.25, 0.3) is 17.5 Å². The summed E-state index contributed by atoms with van der Waals surface area (Å²) in [5, 5.41) is 8.80. The van der Waals surface area contributed by atoms with Gasteiger partial charge in [-0.25, -0.2) is 9.37 Å². The average molecular weight is 382 g/mol. The van der Waals surface area contributed by atoms with Gasteiger partial charge in [-0.1, -0.05) is 12.1 Å². The molecule has 142 valence electrons. The van der Waals surface area contributed by atoms with Crippen molar-refractivity contribution in [1.82, 2.24) is 24.9 Å². The summed E-state index contributed by atoms with van der Waals surface area (Å²) in [6, 6.07) is 7.03. The van der Waals surface area contributed by atoms with E-state index in [1.54, 1.807) is 6.92 Å². The van der Waals surface area contributed by atoms with Crippen molar-refractivity contribution in [2.45, 2.75) is 13.1 Å². The Hall–Kier alpha value is -3.24. The Morgan fingerprint density at radius 3 is 2.63 bits per heavy atom. The van der Waals surface area contributed by atoms with Crippen LogP contribution in [0, 0.1) is 12.7 Å². The molecule has 1 amide bonds. The number of nitrogens with zero attached hydrogens (tertiary/aromatic N) is 4. The minimum Gasteiger partial charge on any atom is -0.368 e. The Labute approximate surface area is 150 Å². The van der Waals surface area contributed by atoms with E-state index in [0.29, 0.717) is 5.69 Å². The van der Waals surface area contributed by atoms with Crippen LogP contribution in [0.3, 0.4) is 0 Å². The molecule has 3 aromatic rings. The molecule has 0 unspecified atom stereocenters. The lowest BCUT2D eigenvalue weighted by atomic mass is 10.2. The summed E-state index contributed by atoms with van der Waals surface area (Å²) in [6.07, 6.45) is -4.69. The number of carbonyl (C=O) groups is 1. The van der Waals surface area contributed by atoms with Crippen molar-refractivity contribution in [3.8, 4) is 0 Å². The normalized spacial score (nSPS) is 11.6. The second-order valence-electron chi connectivity index (χ2n) is 5.59. The molecule has 3 rings (SSSR count). The summed E-state index contributed by atoms with van der Waals surface area (Å²) in [5.41, 5.74) is 0.354. The molecule has 0 spiro atoms. The van der Waals surface area contributed by atoms with Crippen LogP contribution in [0.15, 0.2) is 30.3 Å². The van der Waals surface area contributed by atoms with Gasteiger partial charge in [0.1, 0.15) is 11.6 Å². The maximum atomic E-state index is 13.5. The zero-order chi connectivity index (χ0) is 19.6. The molecule has 0 atom stereocenters. The number of aryl methyl sites for hydroxylation is 1. The lowest BCUT2D eigenvalue weighted by Gasteiger charge is -2.10. The van der Waals surface area contributed by atoms with E-state index in [9.17, 15) is 22.4 Å². The number of alkyl halides is 3. The van der Waals surface area contributed by atoms with Crippen molar-refractivity contribution >= 4 is 17.5 Å². The molecule has 2 N–H and O–H groups in total. The van der Waals surface area contributed by atoms with Crippen molar-refractivity contribution in [3.05, 3.63) is 53.2 Å². The van der Waals surface area contributed by atoms with E-state index in [2.05, 4.69) is 25.7 Å². The van der Waals surface area contributed by atoms with Gasteiger partial charge >= 0.3 is 6.18 Å². The fourth-order valence-corrected chi connectivity index (χ4v) is 2.34. The SMILES string of the molecule is Cc1cc(NCCNC(=O)c2ccccc2F)n2nc(C(F)(F)F)nc2n1. The van der Waals surface area contributed by atoms with Crippen LogP contribution in [0.5, 0.6) is 0 Å². The van der Waals surface area contributed by atoms with Crippen molar-refractivity contribution in [2.24, 2.45) is 0 Å². The van der Waals surface area contributed by atoms with Crippen LogP contribution in [-0.4, -0.2) is 38.6 Å². The van der Waals surface area contributed by atoms with E-state index in [0.717, 1.165) is 4.52 Å². The average Bonchev–Trinajstić information content (AvgIpc) is 3.03. The summed E-state index contributed by atoms with van der Waals surface area (Å²) in [4.78, 5) is 19.2. The largest absolute Gasteiger partial charge is 0.453 e. The molecule has 27 heavy (non-hydrogen) atoms. The topological polar surface area (TPSA) is 84.2 Å². The number of hydrogen-bond donors (Lipinski definition) is 2. The monoisotopic (exact) mass is 382 g/mol. The van der Waals surface area contributed by atoms with Crippen molar-refractivity contribution in [2.75, 3.05) is 18.4 Å². The van der Waals surface area contributed by atoms with E-state index >= 15 is 0 Å². The molecule has 0 fully saturated rings. The summed E-state index contributed by atoms with van der Waals surface area (Å²) in [6.45, 7) is 1.88. The number of rotatable bonds is 5. The number of carbonyl (C=O) groups excluding carboxylic acids is 1. The summed E-state index contributed by atoms with van der Waals surface area (Å²) in [7, 11) is 0. The summed E-state index contributed by atoms with van der Waals surface area (Å²) < 4.78 is 52.8. The number of benzene rings is 1. The van der Waals surface area contributed by atoms with Gasteiger partial charge in [0, 0.05) is 24.8 Å². The number of anilines is 1. The van der Waals surface area contributed by atoms with Crippen molar-refractivity contribution < 1.29 is 22.4 Å². The zero-order valence-corrected chi connectivity index (χ0v) is 14.0. The predicted molar refractivity (Wildman–Crippen MR) is 87.7 cm³/mol. The van der Waals surface area contributed by atoms with Crippen LogP contribution in [-0.2, 0) is 6.18 Å². The lowest BCUT2D eigenvalue weighted by molar-refractivity contribution is -0.144. The Kier molecular flexibility index (Phi) is 4.93. The molecule has 2 heterocycles. The van der Waals surface area contributed by atoms with Crippen LogP contribution < -0.4 is 10.6 Å². The third kappa shape index (κ3) is 4.13. The Bertz CT molecular complexity index is 985. The van der Waals surface area contributed by atoms with Crippen LogP contribution in [0.2, 0.25) is 0 Å². The first-order valence-electron chi connectivity index (χ1n) is 7.84. The van der Waals surface area contributed by atoms with Crippen LogP contribution >= 0.6 is 0 Å². The van der Waals surface area contributed by atoms with E-state index in [-0.39, 0.29) is 30.2 Å². The summed E-state index contributed by atoms with van der Waals surface area (Å²) in [5.74, 6) is -2.49. The Morgan fingerprint density at radius 1 is 1.19 bits per heavy atom. The number of amides is 1. The molecular weight excluding hydrogens is 368 g/mol. The highest BCUT2D eigenvalue weighted by atomic mass is 19.4. The van der Waals surface area contributed by atoms with Gasteiger partial charge in [0.15, 0.2) is 0 Å². The first-order chi connectivity index (χ1) is 12.8. The van der Waals surface area contributed by atoms with E-state index in [4.69, 9.17) is 0 Å². The highest BCUT2D eigenvalue weighted by Crippen LogP contribution is 2.27. The van der Waals surface area contributed by atoms with Crippen LogP contribution in [0.4, 0.5) is 23.4 Å². The minimum atomic E-state index is -4.69. The third-order valence-corrected chi connectivity index (χ3v) is 3.53. The van der Waals surface area contributed by atoms with Crippen molar-refractivity contribution in [1.29, 1.82) is 0 Å². The van der Waals surface area contributed by atoms with Gasteiger partial charge in [-0.2, -0.15) is 22.7 Å². The zero-order valence-electron chi connectivity index (χ0n) is 14.0. The fraction of sp³-hybridized carbons (Fsp3) is 0.250. The molecule has 0 saturated heterocycles. The van der Waals surface area contributed by atoms with E-state index in [1.807, 2.05) is 0 Å². The highest BCUT2D eigenvalue weighted by Gasteiger charge is 2.36. The van der Waals surface area contributed by atoms with Gasteiger partial charge in [0.05, 0.1) is 5.56 Å². The maximum Gasteiger partial charge on any atom is 0.453 e. The minimum absolute atomic E-state index is 0.0919. The van der Waals surface area contributed by atoms with Crippen LogP contribution in [0.25, 0.3) is 5.78 Å².